The summed E-state index contributed by atoms with van der Waals surface area (Å²) in [6, 6.07) is 6.99. The predicted molar refractivity (Wildman–Crippen MR) is 82.4 cm³/mol. The summed E-state index contributed by atoms with van der Waals surface area (Å²) in [6.07, 6.45) is -0.633. The summed E-state index contributed by atoms with van der Waals surface area (Å²) in [5.41, 5.74) is 1.00. The van der Waals surface area contributed by atoms with E-state index in [0.717, 1.165) is 0 Å². The van der Waals surface area contributed by atoms with Crippen molar-refractivity contribution in [2.24, 2.45) is 0 Å². The van der Waals surface area contributed by atoms with Crippen molar-refractivity contribution in [3.05, 3.63) is 35.7 Å². The number of carboxylic acid groups (broad SMARTS) is 1. The Labute approximate surface area is 138 Å². The van der Waals surface area contributed by atoms with Crippen LogP contribution in [0.25, 0.3) is 11.5 Å². The maximum atomic E-state index is 12.9. The molecule has 126 valence electrons. The molecule has 1 atom stereocenters. The van der Waals surface area contributed by atoms with Crippen LogP contribution < -0.4 is 0 Å². The van der Waals surface area contributed by atoms with Crippen LogP contribution >= 0.6 is 0 Å². The summed E-state index contributed by atoms with van der Waals surface area (Å²) in [6.45, 7) is 2.66. The molecule has 2 heterocycles. The molecule has 1 saturated heterocycles. The topological polar surface area (TPSA) is 106 Å². The smallest absolute Gasteiger partial charge is 0.306 e. The maximum absolute atomic E-state index is 12.9. The van der Waals surface area contributed by atoms with Crippen molar-refractivity contribution in [3.63, 3.8) is 0 Å². The number of benzene rings is 1. The molecule has 24 heavy (non-hydrogen) atoms. The third kappa shape index (κ3) is 3.43. The largest absolute Gasteiger partial charge is 0.481 e. The van der Waals surface area contributed by atoms with Gasteiger partial charge in [-0.2, -0.15) is 4.98 Å². The van der Waals surface area contributed by atoms with E-state index in [0.29, 0.717) is 30.1 Å². The molecule has 1 aliphatic rings. The van der Waals surface area contributed by atoms with Gasteiger partial charge in [-0.05, 0) is 19.1 Å². The minimum absolute atomic E-state index is 0.131. The number of aryl methyl sites for hydroxylation is 1. The summed E-state index contributed by atoms with van der Waals surface area (Å²) in [5.74, 6) is -0.386. The minimum Gasteiger partial charge on any atom is -0.481 e. The van der Waals surface area contributed by atoms with Crippen molar-refractivity contribution in [2.75, 3.05) is 19.7 Å². The van der Waals surface area contributed by atoms with Gasteiger partial charge in [0, 0.05) is 13.1 Å². The second-order valence-corrected chi connectivity index (χ2v) is 5.53. The number of carboxylic acids is 1. The van der Waals surface area contributed by atoms with Crippen molar-refractivity contribution in [2.45, 2.75) is 19.4 Å². The van der Waals surface area contributed by atoms with Gasteiger partial charge in [-0.1, -0.05) is 17.3 Å². The minimum atomic E-state index is -0.948. The van der Waals surface area contributed by atoms with E-state index in [-0.39, 0.29) is 24.8 Å². The van der Waals surface area contributed by atoms with Gasteiger partial charge in [0.05, 0.1) is 30.3 Å². The fourth-order valence-corrected chi connectivity index (χ4v) is 2.65. The average Bonchev–Trinajstić information content (AvgIpc) is 3.00. The number of rotatable bonds is 4. The number of aromatic nitrogens is 2. The van der Waals surface area contributed by atoms with Crippen LogP contribution in [0.1, 0.15) is 22.6 Å². The Kier molecular flexibility index (Phi) is 4.57. The second-order valence-electron chi connectivity index (χ2n) is 5.53. The molecule has 1 N–H and O–H groups in total. The Morgan fingerprint density at radius 2 is 2.17 bits per heavy atom. The van der Waals surface area contributed by atoms with Gasteiger partial charge in [-0.25, -0.2) is 0 Å². The van der Waals surface area contributed by atoms with Crippen molar-refractivity contribution < 1.29 is 24.0 Å². The van der Waals surface area contributed by atoms with Crippen LogP contribution in [0.2, 0.25) is 0 Å². The van der Waals surface area contributed by atoms with Crippen LogP contribution in [-0.4, -0.2) is 57.8 Å². The van der Waals surface area contributed by atoms with Crippen LogP contribution in [-0.2, 0) is 9.53 Å². The van der Waals surface area contributed by atoms with E-state index in [1.807, 2.05) is 0 Å². The van der Waals surface area contributed by atoms with E-state index in [1.54, 1.807) is 36.1 Å². The van der Waals surface area contributed by atoms with Gasteiger partial charge < -0.3 is 19.3 Å². The molecule has 2 aromatic rings. The molecular weight excluding hydrogens is 314 g/mol. The Bertz CT molecular complexity index is 758. The zero-order valence-corrected chi connectivity index (χ0v) is 13.1. The summed E-state index contributed by atoms with van der Waals surface area (Å²) < 4.78 is 10.6. The Morgan fingerprint density at radius 3 is 2.88 bits per heavy atom. The molecule has 8 nitrogen and oxygen atoms in total. The maximum Gasteiger partial charge on any atom is 0.306 e. The third-order valence-electron chi connectivity index (χ3n) is 3.74. The molecule has 0 aliphatic carbocycles. The first kappa shape index (κ1) is 16.1. The average molecular weight is 331 g/mol. The van der Waals surface area contributed by atoms with Crippen molar-refractivity contribution in [1.82, 2.24) is 15.0 Å². The lowest BCUT2D eigenvalue weighted by molar-refractivity contribution is -0.141. The molecule has 0 saturated carbocycles. The lowest BCUT2D eigenvalue weighted by Crippen LogP contribution is -2.46. The lowest BCUT2D eigenvalue weighted by Gasteiger charge is -2.32. The normalized spacial score (nSPS) is 17.7. The molecule has 8 heteroatoms. The number of hydrogen-bond acceptors (Lipinski definition) is 6. The number of amides is 1. The first-order valence-corrected chi connectivity index (χ1v) is 7.57. The first-order chi connectivity index (χ1) is 11.5. The Hall–Kier alpha value is -2.74. The molecular formula is C16H17N3O5. The zero-order chi connectivity index (χ0) is 17.1. The molecule has 0 unspecified atom stereocenters. The molecule has 1 aliphatic heterocycles. The molecule has 1 amide bonds. The van der Waals surface area contributed by atoms with Gasteiger partial charge in [0.25, 0.3) is 11.8 Å². The van der Waals surface area contributed by atoms with Crippen LogP contribution in [0.5, 0.6) is 0 Å². The number of carbonyl (C=O) groups excluding carboxylic acids is 1. The van der Waals surface area contributed by atoms with E-state index in [1.165, 1.54) is 0 Å². The van der Waals surface area contributed by atoms with Crippen LogP contribution in [0, 0.1) is 6.92 Å². The zero-order valence-electron chi connectivity index (χ0n) is 13.1. The fourth-order valence-electron chi connectivity index (χ4n) is 2.65. The summed E-state index contributed by atoms with van der Waals surface area (Å²) in [7, 11) is 0. The van der Waals surface area contributed by atoms with Crippen LogP contribution in [0.4, 0.5) is 0 Å². The summed E-state index contributed by atoms with van der Waals surface area (Å²) in [4.78, 5) is 29.5. The second kappa shape index (κ2) is 6.79. The molecule has 1 fully saturated rings. The van der Waals surface area contributed by atoms with Gasteiger partial charge in [-0.15, -0.1) is 0 Å². The summed E-state index contributed by atoms with van der Waals surface area (Å²) >= 11 is 0. The van der Waals surface area contributed by atoms with Crippen LogP contribution in [0.3, 0.4) is 0 Å². The summed E-state index contributed by atoms with van der Waals surface area (Å²) in [5, 5.41) is 12.6. The molecule has 0 spiro atoms. The molecule has 0 radical (unpaired) electrons. The van der Waals surface area contributed by atoms with Crippen molar-refractivity contribution >= 4 is 11.9 Å². The van der Waals surface area contributed by atoms with E-state index in [4.69, 9.17) is 14.4 Å². The highest BCUT2D eigenvalue weighted by atomic mass is 16.5. The number of carbonyl (C=O) groups is 2. The van der Waals surface area contributed by atoms with E-state index < -0.39 is 12.1 Å². The van der Waals surface area contributed by atoms with Gasteiger partial charge in [-0.3, -0.25) is 9.59 Å². The van der Waals surface area contributed by atoms with Gasteiger partial charge in [0.1, 0.15) is 0 Å². The van der Waals surface area contributed by atoms with E-state index in [2.05, 4.69) is 10.1 Å². The Morgan fingerprint density at radius 1 is 1.38 bits per heavy atom. The fraction of sp³-hybridized carbons (Fsp3) is 0.375. The number of ether oxygens (including phenoxy) is 1. The van der Waals surface area contributed by atoms with E-state index >= 15 is 0 Å². The van der Waals surface area contributed by atoms with Gasteiger partial charge in [0.2, 0.25) is 0 Å². The molecule has 0 bridgehead atoms. The number of hydrogen-bond donors (Lipinski definition) is 1. The number of nitrogens with zero attached hydrogens (tertiary/aromatic N) is 3. The highest BCUT2D eigenvalue weighted by molar-refractivity contribution is 6.00. The highest BCUT2D eigenvalue weighted by Crippen LogP contribution is 2.24. The Balaban J connectivity index is 1.84. The first-order valence-electron chi connectivity index (χ1n) is 7.57. The monoisotopic (exact) mass is 331 g/mol. The van der Waals surface area contributed by atoms with E-state index in [9.17, 15) is 9.59 Å². The number of morpholine rings is 1. The SMILES string of the molecule is Cc1noc(-c2ccccc2C(=O)N2CCO[C@@H](CC(=O)O)C2)n1. The van der Waals surface area contributed by atoms with Crippen molar-refractivity contribution in [3.8, 4) is 11.5 Å². The number of aliphatic carboxylic acids is 1. The quantitative estimate of drug-likeness (QED) is 0.901. The van der Waals surface area contributed by atoms with Crippen molar-refractivity contribution in [1.29, 1.82) is 0 Å². The van der Waals surface area contributed by atoms with Gasteiger partial charge in [0.15, 0.2) is 5.82 Å². The predicted octanol–water partition coefficient (Wildman–Crippen LogP) is 1.36. The molecule has 3 rings (SSSR count). The van der Waals surface area contributed by atoms with Crippen LogP contribution in [0.15, 0.2) is 28.8 Å². The lowest BCUT2D eigenvalue weighted by atomic mass is 10.1. The highest BCUT2D eigenvalue weighted by Gasteiger charge is 2.28. The standard InChI is InChI=1S/C16H17N3O5/c1-10-17-15(24-18-10)12-4-2-3-5-13(12)16(22)19-6-7-23-11(9-19)8-14(20)21/h2-5,11H,6-9H2,1H3,(H,20,21)/t11-/m0/s1. The third-order valence-corrected chi connectivity index (χ3v) is 3.74. The van der Waals surface area contributed by atoms with Gasteiger partial charge >= 0.3 is 5.97 Å². The molecule has 1 aromatic heterocycles. The molecule has 1 aromatic carbocycles.